The molecular weight excluding hydrogens is 461 g/mol. The summed E-state index contributed by atoms with van der Waals surface area (Å²) in [7, 11) is 0. The van der Waals surface area contributed by atoms with Gasteiger partial charge in [0.05, 0.1) is 10.2 Å². The van der Waals surface area contributed by atoms with E-state index in [0.717, 1.165) is 41.7 Å². The second kappa shape index (κ2) is 8.16. The number of benzene rings is 2. The number of hydrogen-bond donors (Lipinski definition) is 2. The molecule has 1 aliphatic rings. The Morgan fingerprint density at radius 3 is 2.67 bits per heavy atom. The highest BCUT2D eigenvalue weighted by Crippen LogP contribution is 2.41. The number of halogens is 1. The summed E-state index contributed by atoms with van der Waals surface area (Å²) < 4.78 is 11.6. The van der Waals surface area contributed by atoms with Crippen LogP contribution in [-0.4, -0.2) is 23.6 Å². The van der Waals surface area contributed by atoms with Crippen LogP contribution >= 0.6 is 22.6 Å². The van der Waals surface area contributed by atoms with E-state index in [9.17, 15) is 14.7 Å². The Morgan fingerprint density at radius 1 is 1.22 bits per heavy atom. The summed E-state index contributed by atoms with van der Waals surface area (Å²) in [5, 5.41) is 12.4. The maximum absolute atomic E-state index is 12.0. The molecule has 0 bridgehead atoms. The Morgan fingerprint density at radius 2 is 1.96 bits per heavy atom. The van der Waals surface area contributed by atoms with Gasteiger partial charge in [-0.3, -0.25) is 4.79 Å². The molecule has 3 rings (SSSR count). The summed E-state index contributed by atoms with van der Waals surface area (Å²) >= 11 is 2.05. The van der Waals surface area contributed by atoms with Crippen LogP contribution in [0, 0.1) is 10.5 Å². The molecule has 1 aliphatic carbocycles. The lowest BCUT2D eigenvalue weighted by Gasteiger charge is -2.17. The Labute approximate surface area is 171 Å². The van der Waals surface area contributed by atoms with Crippen LogP contribution in [0.3, 0.4) is 0 Å². The van der Waals surface area contributed by atoms with Gasteiger partial charge in [-0.15, -0.1) is 0 Å². The van der Waals surface area contributed by atoms with E-state index in [4.69, 9.17) is 9.47 Å². The van der Waals surface area contributed by atoms with Crippen molar-refractivity contribution in [3.63, 3.8) is 0 Å². The van der Waals surface area contributed by atoms with Crippen molar-refractivity contribution in [1.82, 2.24) is 0 Å². The zero-order chi connectivity index (χ0) is 19.6. The zero-order valence-corrected chi connectivity index (χ0v) is 17.3. The lowest BCUT2D eigenvalue weighted by molar-refractivity contribution is -0.152. The van der Waals surface area contributed by atoms with E-state index in [-0.39, 0.29) is 12.4 Å². The number of fused-ring (bicyclic) bond motifs is 1. The van der Waals surface area contributed by atoms with Crippen LogP contribution in [0.5, 0.6) is 17.2 Å². The molecule has 2 aromatic carbocycles. The molecule has 0 atom stereocenters. The molecular formula is C20H20INO5. The Bertz CT molecular complexity index is 910. The maximum Gasteiger partial charge on any atom is 0.397 e. The maximum atomic E-state index is 12.0. The van der Waals surface area contributed by atoms with Crippen molar-refractivity contribution in [2.75, 3.05) is 11.9 Å². The minimum absolute atomic E-state index is 0.154. The lowest BCUT2D eigenvalue weighted by atomic mass is 10.0. The van der Waals surface area contributed by atoms with Gasteiger partial charge in [-0.1, -0.05) is 0 Å². The second-order valence-electron chi connectivity index (χ2n) is 6.27. The number of amides is 1. The predicted molar refractivity (Wildman–Crippen MR) is 109 cm³/mol. The number of rotatable bonds is 4. The van der Waals surface area contributed by atoms with E-state index >= 15 is 0 Å². The van der Waals surface area contributed by atoms with E-state index in [1.807, 2.05) is 35.6 Å². The van der Waals surface area contributed by atoms with Gasteiger partial charge in [-0.05, 0) is 91.1 Å². The van der Waals surface area contributed by atoms with Crippen LogP contribution in [0.4, 0.5) is 5.69 Å². The van der Waals surface area contributed by atoms with Crippen molar-refractivity contribution in [1.29, 1.82) is 0 Å². The van der Waals surface area contributed by atoms with Crippen LogP contribution in [0.15, 0.2) is 24.3 Å². The van der Waals surface area contributed by atoms with Crippen molar-refractivity contribution < 1.29 is 24.2 Å². The molecule has 2 aromatic rings. The number of carbonyl (C=O) groups excluding carboxylic acids is 2. The van der Waals surface area contributed by atoms with Gasteiger partial charge < -0.3 is 19.9 Å². The van der Waals surface area contributed by atoms with Crippen molar-refractivity contribution in [3.05, 3.63) is 44.5 Å². The van der Waals surface area contributed by atoms with Gasteiger partial charge in [0.2, 0.25) is 0 Å². The SMILES string of the molecule is CCOC(=O)C(=O)Nc1cc(C)c(Oc2ccc(O)c(I)c2)c2c1CCC2. The third-order valence-electron chi connectivity index (χ3n) is 4.38. The fraction of sp³-hybridized carbons (Fsp3) is 0.300. The summed E-state index contributed by atoms with van der Waals surface area (Å²) in [6, 6.07) is 6.91. The highest BCUT2D eigenvalue weighted by Gasteiger charge is 2.25. The Hall–Kier alpha value is -2.29. The van der Waals surface area contributed by atoms with Gasteiger partial charge in [0, 0.05) is 11.3 Å². The first-order chi connectivity index (χ1) is 12.9. The fourth-order valence-corrected chi connectivity index (χ4v) is 3.68. The minimum Gasteiger partial charge on any atom is -0.507 e. The number of phenols is 1. The molecule has 1 amide bonds. The quantitative estimate of drug-likeness (QED) is 0.391. The molecule has 0 saturated carbocycles. The van der Waals surface area contributed by atoms with Gasteiger partial charge in [-0.25, -0.2) is 4.79 Å². The molecule has 0 aliphatic heterocycles. The van der Waals surface area contributed by atoms with Gasteiger partial charge in [-0.2, -0.15) is 0 Å². The van der Waals surface area contributed by atoms with Crippen molar-refractivity contribution in [3.8, 4) is 17.2 Å². The van der Waals surface area contributed by atoms with E-state index in [1.54, 1.807) is 25.1 Å². The standard InChI is InChI=1S/C20H20INO5/c1-3-26-20(25)19(24)22-16-9-11(2)18(14-6-4-5-13(14)16)27-12-7-8-17(23)15(21)10-12/h7-10,23H,3-6H2,1-2H3,(H,22,24). The number of phenolic OH excluding ortho intramolecular Hbond substituents is 1. The summed E-state index contributed by atoms with van der Waals surface area (Å²) in [6.07, 6.45) is 2.59. The summed E-state index contributed by atoms with van der Waals surface area (Å²) in [5.41, 5.74) is 3.52. The first-order valence-corrected chi connectivity index (χ1v) is 9.78. The van der Waals surface area contributed by atoms with Gasteiger partial charge >= 0.3 is 11.9 Å². The second-order valence-corrected chi connectivity index (χ2v) is 7.43. The number of nitrogens with one attached hydrogen (secondary N) is 1. The number of aromatic hydroxyl groups is 1. The topological polar surface area (TPSA) is 84.9 Å². The summed E-state index contributed by atoms with van der Waals surface area (Å²) in [4.78, 5) is 23.6. The molecule has 27 heavy (non-hydrogen) atoms. The van der Waals surface area contributed by atoms with Crippen LogP contribution in [0.1, 0.15) is 30.0 Å². The summed E-state index contributed by atoms with van der Waals surface area (Å²) in [6.45, 7) is 3.71. The molecule has 0 unspecified atom stereocenters. The van der Waals surface area contributed by atoms with Crippen LogP contribution in [0.2, 0.25) is 0 Å². The molecule has 0 spiro atoms. The molecule has 0 fully saturated rings. The molecule has 7 heteroatoms. The minimum atomic E-state index is -0.888. The average Bonchev–Trinajstić information content (AvgIpc) is 3.11. The van der Waals surface area contributed by atoms with E-state index in [0.29, 0.717) is 15.0 Å². The molecule has 0 saturated heterocycles. The van der Waals surface area contributed by atoms with Crippen molar-refractivity contribution in [2.24, 2.45) is 0 Å². The van der Waals surface area contributed by atoms with E-state index < -0.39 is 11.9 Å². The van der Waals surface area contributed by atoms with Crippen LogP contribution in [0.25, 0.3) is 0 Å². The smallest absolute Gasteiger partial charge is 0.397 e. The molecule has 0 heterocycles. The third kappa shape index (κ3) is 4.18. The first-order valence-electron chi connectivity index (χ1n) is 8.70. The largest absolute Gasteiger partial charge is 0.507 e. The molecule has 142 valence electrons. The molecule has 0 radical (unpaired) electrons. The number of aryl methyl sites for hydroxylation is 1. The Kier molecular flexibility index (Phi) is 5.88. The third-order valence-corrected chi connectivity index (χ3v) is 5.25. The fourth-order valence-electron chi connectivity index (χ4n) is 3.19. The molecule has 6 nitrogen and oxygen atoms in total. The Balaban J connectivity index is 1.91. The normalized spacial score (nSPS) is 12.4. The van der Waals surface area contributed by atoms with E-state index in [1.165, 1.54) is 0 Å². The van der Waals surface area contributed by atoms with Crippen LogP contribution < -0.4 is 10.1 Å². The number of carbonyl (C=O) groups is 2. The number of anilines is 1. The highest BCUT2D eigenvalue weighted by molar-refractivity contribution is 14.1. The zero-order valence-electron chi connectivity index (χ0n) is 15.1. The predicted octanol–water partition coefficient (Wildman–Crippen LogP) is 4.09. The number of ether oxygens (including phenoxy) is 2. The average molecular weight is 481 g/mol. The lowest BCUT2D eigenvalue weighted by Crippen LogP contribution is -2.25. The van der Waals surface area contributed by atoms with Gasteiger partial charge in [0.15, 0.2) is 0 Å². The van der Waals surface area contributed by atoms with Gasteiger partial charge in [0.25, 0.3) is 0 Å². The highest BCUT2D eigenvalue weighted by atomic mass is 127. The summed E-state index contributed by atoms with van der Waals surface area (Å²) in [5.74, 6) is -0.0502. The number of esters is 1. The number of hydrogen-bond acceptors (Lipinski definition) is 5. The van der Waals surface area contributed by atoms with Crippen LogP contribution in [-0.2, 0) is 27.2 Å². The monoisotopic (exact) mass is 481 g/mol. The van der Waals surface area contributed by atoms with Crippen molar-refractivity contribution in [2.45, 2.75) is 33.1 Å². The van der Waals surface area contributed by atoms with E-state index in [2.05, 4.69) is 5.32 Å². The van der Waals surface area contributed by atoms with Crippen molar-refractivity contribution >= 4 is 40.2 Å². The first kappa shape index (κ1) is 19.5. The van der Waals surface area contributed by atoms with Gasteiger partial charge in [0.1, 0.15) is 17.2 Å². The molecule has 2 N–H and O–H groups in total. The molecule has 0 aromatic heterocycles.